The standard InChI is InChI=1S/C27H24F4N4O3/c1-37-18-8-10-23-19(16-18)25(32-22-15-17(27(29,30)31)7-9-24(22)38-23)34-11-4-12-35(14-13-34)26(36)33-21-6-3-2-5-20(21)28/h2-3,5-10,15-16H,4,11-14H2,1H3,(H,33,36). The van der Waals surface area contributed by atoms with Gasteiger partial charge in [0.25, 0.3) is 0 Å². The second-order valence-corrected chi connectivity index (χ2v) is 8.82. The monoisotopic (exact) mass is 528 g/mol. The Kier molecular flexibility index (Phi) is 6.83. The zero-order valence-corrected chi connectivity index (χ0v) is 20.4. The van der Waals surface area contributed by atoms with Crippen LogP contribution < -0.4 is 14.8 Å². The number of alkyl halides is 3. The Morgan fingerprint density at radius 2 is 1.79 bits per heavy atom. The molecule has 11 heteroatoms. The van der Waals surface area contributed by atoms with Crippen molar-refractivity contribution < 1.29 is 31.8 Å². The third-order valence-corrected chi connectivity index (χ3v) is 6.36. The Labute approximate surface area is 216 Å². The van der Waals surface area contributed by atoms with Gasteiger partial charge in [-0.15, -0.1) is 0 Å². The van der Waals surface area contributed by atoms with E-state index in [9.17, 15) is 22.4 Å². The molecule has 0 aromatic heterocycles. The largest absolute Gasteiger partial charge is 0.497 e. The molecule has 0 spiro atoms. The number of methoxy groups -OCH3 is 1. The molecular formula is C27H24F4N4O3. The molecule has 2 amide bonds. The van der Waals surface area contributed by atoms with Gasteiger partial charge in [-0.25, -0.2) is 14.2 Å². The van der Waals surface area contributed by atoms with E-state index >= 15 is 0 Å². The molecule has 0 saturated carbocycles. The van der Waals surface area contributed by atoms with Gasteiger partial charge in [-0.3, -0.25) is 0 Å². The van der Waals surface area contributed by atoms with Crippen molar-refractivity contribution in [2.24, 2.45) is 4.99 Å². The molecule has 2 heterocycles. The van der Waals surface area contributed by atoms with E-state index in [-0.39, 0.29) is 23.7 Å². The quantitative estimate of drug-likeness (QED) is 0.398. The normalized spacial score (nSPS) is 15.3. The molecule has 1 saturated heterocycles. The van der Waals surface area contributed by atoms with Crippen molar-refractivity contribution in [3.63, 3.8) is 0 Å². The summed E-state index contributed by atoms with van der Waals surface area (Å²) in [7, 11) is 1.51. The first-order valence-corrected chi connectivity index (χ1v) is 11.9. The van der Waals surface area contributed by atoms with Crippen LogP contribution >= 0.6 is 0 Å². The highest BCUT2D eigenvalue weighted by molar-refractivity contribution is 6.04. The Morgan fingerprint density at radius 3 is 2.55 bits per heavy atom. The van der Waals surface area contributed by atoms with Crippen molar-refractivity contribution in [3.05, 3.63) is 77.6 Å². The highest BCUT2D eigenvalue weighted by atomic mass is 19.4. The lowest BCUT2D eigenvalue weighted by molar-refractivity contribution is -0.137. The van der Waals surface area contributed by atoms with E-state index < -0.39 is 23.6 Å². The first kappa shape index (κ1) is 25.4. The van der Waals surface area contributed by atoms with Crippen LogP contribution in [0, 0.1) is 5.82 Å². The van der Waals surface area contributed by atoms with Crippen LogP contribution in [0.1, 0.15) is 17.5 Å². The fourth-order valence-electron chi connectivity index (χ4n) is 4.39. The lowest BCUT2D eigenvalue weighted by Gasteiger charge is -2.25. The van der Waals surface area contributed by atoms with E-state index in [1.807, 2.05) is 4.90 Å². The van der Waals surface area contributed by atoms with Crippen LogP contribution in [0.2, 0.25) is 0 Å². The third kappa shape index (κ3) is 5.22. The van der Waals surface area contributed by atoms with E-state index in [0.29, 0.717) is 49.0 Å². The number of urea groups is 1. The maximum Gasteiger partial charge on any atom is 0.416 e. The second-order valence-electron chi connectivity index (χ2n) is 8.82. The number of anilines is 1. The molecule has 0 bridgehead atoms. The molecule has 7 nitrogen and oxygen atoms in total. The van der Waals surface area contributed by atoms with Crippen LogP contribution in [0.3, 0.4) is 0 Å². The van der Waals surface area contributed by atoms with Gasteiger partial charge in [0.15, 0.2) is 5.75 Å². The minimum absolute atomic E-state index is 0.0448. The van der Waals surface area contributed by atoms with Crippen molar-refractivity contribution >= 4 is 23.2 Å². The van der Waals surface area contributed by atoms with Crippen molar-refractivity contribution in [2.75, 3.05) is 38.6 Å². The SMILES string of the molecule is COc1ccc2c(c1)C(N1CCCN(C(=O)Nc3ccccc3F)CC1)=Nc1cc(C(F)(F)F)ccc1O2. The highest BCUT2D eigenvalue weighted by Gasteiger charge is 2.33. The molecule has 2 aliphatic rings. The van der Waals surface area contributed by atoms with Gasteiger partial charge in [0.1, 0.15) is 28.8 Å². The van der Waals surface area contributed by atoms with Crippen molar-refractivity contribution in [1.82, 2.24) is 9.80 Å². The molecule has 3 aromatic rings. The zero-order chi connectivity index (χ0) is 26.9. The molecular weight excluding hydrogens is 504 g/mol. The third-order valence-electron chi connectivity index (χ3n) is 6.36. The van der Waals surface area contributed by atoms with Gasteiger partial charge >= 0.3 is 12.2 Å². The average molecular weight is 529 g/mol. The number of hydrogen-bond acceptors (Lipinski definition) is 5. The number of benzene rings is 3. The molecule has 2 aliphatic heterocycles. The van der Waals surface area contributed by atoms with Crippen molar-refractivity contribution in [2.45, 2.75) is 12.6 Å². The van der Waals surface area contributed by atoms with Gasteiger partial charge in [0.2, 0.25) is 0 Å². The summed E-state index contributed by atoms with van der Waals surface area (Å²) in [5.74, 6) is 1.02. The minimum Gasteiger partial charge on any atom is -0.497 e. The number of amidine groups is 1. The molecule has 1 fully saturated rings. The van der Waals surface area contributed by atoms with Crippen molar-refractivity contribution in [1.29, 1.82) is 0 Å². The number of nitrogens with one attached hydrogen (secondary N) is 1. The number of rotatable bonds is 2. The molecule has 3 aromatic carbocycles. The van der Waals surface area contributed by atoms with Gasteiger partial charge < -0.3 is 24.6 Å². The maximum absolute atomic E-state index is 14.0. The summed E-state index contributed by atoms with van der Waals surface area (Å²) in [5, 5.41) is 2.60. The number of carbonyl (C=O) groups excluding carboxylic acids is 1. The fourth-order valence-corrected chi connectivity index (χ4v) is 4.39. The minimum atomic E-state index is -4.54. The number of para-hydroxylation sites is 1. The number of halogens is 4. The number of hydrogen-bond donors (Lipinski definition) is 1. The van der Waals surface area contributed by atoms with Crippen LogP contribution in [-0.2, 0) is 6.18 Å². The van der Waals surface area contributed by atoms with Crippen LogP contribution in [-0.4, -0.2) is 55.0 Å². The number of amides is 2. The Morgan fingerprint density at radius 1 is 1.00 bits per heavy atom. The lowest BCUT2D eigenvalue weighted by atomic mass is 10.1. The molecule has 5 rings (SSSR count). The van der Waals surface area contributed by atoms with E-state index in [0.717, 1.165) is 12.1 Å². The number of carbonyl (C=O) groups is 1. The van der Waals surface area contributed by atoms with Crippen LogP contribution in [0.4, 0.5) is 33.7 Å². The Balaban J connectivity index is 1.46. The lowest BCUT2D eigenvalue weighted by Crippen LogP contribution is -2.39. The summed E-state index contributed by atoms with van der Waals surface area (Å²) in [6.07, 6.45) is -3.99. The van der Waals surface area contributed by atoms with Gasteiger partial charge in [-0.05, 0) is 55.0 Å². The molecule has 0 atom stereocenters. The predicted molar refractivity (Wildman–Crippen MR) is 134 cm³/mol. The van der Waals surface area contributed by atoms with E-state index in [2.05, 4.69) is 10.3 Å². The highest BCUT2D eigenvalue weighted by Crippen LogP contribution is 2.42. The van der Waals surface area contributed by atoms with Gasteiger partial charge in [-0.1, -0.05) is 12.1 Å². The van der Waals surface area contributed by atoms with Gasteiger partial charge in [0, 0.05) is 26.2 Å². The van der Waals surface area contributed by atoms with E-state index in [1.165, 1.54) is 31.4 Å². The maximum atomic E-state index is 14.0. The number of fused-ring (bicyclic) bond motifs is 2. The zero-order valence-electron chi connectivity index (χ0n) is 20.4. The summed E-state index contributed by atoms with van der Waals surface area (Å²) < 4.78 is 65.7. The predicted octanol–water partition coefficient (Wildman–Crippen LogP) is 6.28. The first-order chi connectivity index (χ1) is 18.2. The van der Waals surface area contributed by atoms with Crippen LogP contribution in [0.25, 0.3) is 0 Å². The molecule has 198 valence electrons. The van der Waals surface area contributed by atoms with Gasteiger partial charge in [0.05, 0.1) is 23.9 Å². The Bertz CT molecular complexity index is 1390. The summed E-state index contributed by atoms with van der Waals surface area (Å²) >= 11 is 0. The molecule has 0 unspecified atom stereocenters. The van der Waals surface area contributed by atoms with Gasteiger partial charge in [-0.2, -0.15) is 13.2 Å². The summed E-state index contributed by atoms with van der Waals surface area (Å²) in [6.45, 7) is 1.51. The van der Waals surface area contributed by atoms with E-state index in [1.54, 1.807) is 29.2 Å². The van der Waals surface area contributed by atoms with Crippen molar-refractivity contribution in [3.8, 4) is 17.2 Å². The topological polar surface area (TPSA) is 66.4 Å². The first-order valence-electron chi connectivity index (χ1n) is 11.9. The molecule has 1 N–H and O–H groups in total. The molecule has 38 heavy (non-hydrogen) atoms. The second kappa shape index (κ2) is 10.2. The number of ether oxygens (including phenoxy) is 2. The fraction of sp³-hybridized carbons (Fsp3) is 0.259. The summed E-state index contributed by atoms with van der Waals surface area (Å²) in [5.41, 5.74) is -0.151. The van der Waals surface area contributed by atoms with Crippen LogP contribution in [0.5, 0.6) is 17.2 Å². The summed E-state index contributed by atoms with van der Waals surface area (Å²) in [4.78, 5) is 21.0. The summed E-state index contributed by atoms with van der Waals surface area (Å²) in [6, 6.07) is 13.8. The number of nitrogens with zero attached hydrogens (tertiary/aromatic N) is 3. The molecule has 0 radical (unpaired) electrons. The van der Waals surface area contributed by atoms with Crippen LogP contribution in [0.15, 0.2) is 65.7 Å². The molecule has 0 aliphatic carbocycles. The van der Waals surface area contributed by atoms with E-state index in [4.69, 9.17) is 9.47 Å². The smallest absolute Gasteiger partial charge is 0.416 e. The number of aliphatic imine (C=N–C) groups is 1. The average Bonchev–Trinajstić information content (AvgIpc) is 3.23. The Hall–Kier alpha value is -4.28.